The van der Waals surface area contributed by atoms with E-state index in [1.165, 1.54) is 12.1 Å². The third kappa shape index (κ3) is 4.27. The molecular formula is C15H22FNO2. The zero-order chi connectivity index (χ0) is 13.7. The van der Waals surface area contributed by atoms with Gasteiger partial charge in [-0.15, -0.1) is 0 Å². The monoisotopic (exact) mass is 267 g/mol. The normalized spacial score (nSPS) is 27.4. The quantitative estimate of drug-likeness (QED) is 0.860. The van der Waals surface area contributed by atoms with Gasteiger partial charge in [-0.25, -0.2) is 4.39 Å². The maximum absolute atomic E-state index is 13.0. The van der Waals surface area contributed by atoms with Crippen molar-refractivity contribution in [2.75, 3.05) is 13.2 Å². The molecule has 1 aromatic rings. The summed E-state index contributed by atoms with van der Waals surface area (Å²) in [6.45, 7) is 1.44. The first-order chi connectivity index (χ1) is 9.11. The van der Waals surface area contributed by atoms with E-state index in [2.05, 4.69) is 0 Å². The Labute approximate surface area is 113 Å². The highest BCUT2D eigenvalue weighted by atomic mass is 19.1. The summed E-state index contributed by atoms with van der Waals surface area (Å²) in [5.74, 6) is 0.243. The summed E-state index contributed by atoms with van der Waals surface area (Å²) < 4.78 is 18.6. The van der Waals surface area contributed by atoms with E-state index < -0.39 is 5.60 Å². The van der Waals surface area contributed by atoms with E-state index in [9.17, 15) is 9.50 Å². The Hall–Kier alpha value is -0.970. The summed E-state index contributed by atoms with van der Waals surface area (Å²) in [5, 5.41) is 10.0. The Morgan fingerprint density at radius 1 is 1.37 bits per heavy atom. The second-order valence-corrected chi connectivity index (χ2v) is 5.52. The van der Waals surface area contributed by atoms with E-state index in [1.807, 2.05) is 6.07 Å². The molecular weight excluding hydrogens is 245 g/mol. The molecule has 0 aliphatic heterocycles. The molecule has 0 saturated heterocycles. The van der Waals surface area contributed by atoms with Gasteiger partial charge in [-0.3, -0.25) is 0 Å². The number of halogens is 1. The van der Waals surface area contributed by atoms with Crippen LogP contribution in [0.4, 0.5) is 4.39 Å². The maximum Gasteiger partial charge on any atom is 0.123 e. The molecule has 4 heteroatoms. The van der Waals surface area contributed by atoms with E-state index in [1.54, 1.807) is 6.07 Å². The lowest BCUT2D eigenvalue weighted by molar-refractivity contribution is -0.0191. The number of benzene rings is 1. The molecule has 3 nitrogen and oxygen atoms in total. The SMILES string of the molecule is NCC1(O)CCC(COCc2cccc(F)c2)CC1. The first-order valence-corrected chi connectivity index (χ1v) is 6.86. The minimum Gasteiger partial charge on any atom is -0.389 e. The summed E-state index contributed by atoms with van der Waals surface area (Å²) >= 11 is 0. The predicted octanol–water partition coefficient (Wildman–Crippen LogP) is 2.22. The lowest BCUT2D eigenvalue weighted by Gasteiger charge is -2.34. The first-order valence-electron chi connectivity index (χ1n) is 6.86. The summed E-state index contributed by atoms with van der Waals surface area (Å²) in [7, 11) is 0. The standard InChI is InChI=1S/C15H22FNO2/c16-14-3-1-2-13(8-14)10-19-9-12-4-6-15(18,11-17)7-5-12/h1-3,8,12,18H,4-7,9-11,17H2. The van der Waals surface area contributed by atoms with E-state index in [0.717, 1.165) is 31.2 Å². The molecule has 0 heterocycles. The van der Waals surface area contributed by atoms with Crippen molar-refractivity contribution >= 4 is 0 Å². The molecule has 1 aliphatic carbocycles. The molecule has 1 saturated carbocycles. The largest absolute Gasteiger partial charge is 0.389 e. The van der Waals surface area contributed by atoms with Gasteiger partial charge in [-0.2, -0.15) is 0 Å². The average Bonchev–Trinajstić information content (AvgIpc) is 2.41. The first kappa shape index (κ1) is 14.4. The lowest BCUT2D eigenvalue weighted by Crippen LogP contribution is -2.41. The summed E-state index contributed by atoms with van der Waals surface area (Å²) in [4.78, 5) is 0. The number of ether oxygens (including phenoxy) is 1. The van der Waals surface area contributed by atoms with Crippen LogP contribution >= 0.6 is 0 Å². The molecule has 19 heavy (non-hydrogen) atoms. The molecule has 0 bridgehead atoms. The van der Waals surface area contributed by atoms with Gasteiger partial charge < -0.3 is 15.6 Å². The van der Waals surface area contributed by atoms with Crippen molar-refractivity contribution in [3.05, 3.63) is 35.6 Å². The third-order valence-corrected chi connectivity index (χ3v) is 3.93. The summed E-state index contributed by atoms with van der Waals surface area (Å²) in [5.41, 5.74) is 5.74. The highest BCUT2D eigenvalue weighted by Crippen LogP contribution is 2.31. The van der Waals surface area contributed by atoms with Crippen molar-refractivity contribution in [3.8, 4) is 0 Å². The van der Waals surface area contributed by atoms with Crippen molar-refractivity contribution in [3.63, 3.8) is 0 Å². The third-order valence-electron chi connectivity index (χ3n) is 3.93. The van der Waals surface area contributed by atoms with Gasteiger partial charge in [-0.1, -0.05) is 12.1 Å². The van der Waals surface area contributed by atoms with Crippen molar-refractivity contribution in [1.82, 2.24) is 0 Å². The van der Waals surface area contributed by atoms with Gasteiger partial charge in [-0.05, 0) is 49.3 Å². The molecule has 0 radical (unpaired) electrons. The van der Waals surface area contributed by atoms with Crippen LogP contribution in [-0.2, 0) is 11.3 Å². The Bertz CT molecular complexity index is 403. The van der Waals surface area contributed by atoms with Crippen molar-refractivity contribution in [2.24, 2.45) is 11.7 Å². The summed E-state index contributed by atoms with van der Waals surface area (Å²) in [6.07, 6.45) is 3.38. The Balaban J connectivity index is 1.70. The Morgan fingerprint density at radius 2 is 2.11 bits per heavy atom. The van der Waals surface area contributed by atoms with Crippen LogP contribution in [0.15, 0.2) is 24.3 Å². The second kappa shape index (κ2) is 6.46. The topological polar surface area (TPSA) is 55.5 Å². The zero-order valence-corrected chi connectivity index (χ0v) is 11.1. The van der Waals surface area contributed by atoms with Gasteiger partial charge in [0.2, 0.25) is 0 Å². The highest BCUT2D eigenvalue weighted by molar-refractivity contribution is 5.15. The fourth-order valence-electron chi connectivity index (χ4n) is 2.56. The van der Waals surface area contributed by atoms with Crippen molar-refractivity contribution in [1.29, 1.82) is 0 Å². The van der Waals surface area contributed by atoms with Gasteiger partial charge >= 0.3 is 0 Å². The van der Waals surface area contributed by atoms with E-state index in [4.69, 9.17) is 10.5 Å². The molecule has 3 N–H and O–H groups in total. The molecule has 2 rings (SSSR count). The molecule has 1 aromatic carbocycles. The molecule has 0 unspecified atom stereocenters. The van der Waals surface area contributed by atoms with Gasteiger partial charge in [0.15, 0.2) is 0 Å². The Morgan fingerprint density at radius 3 is 2.74 bits per heavy atom. The van der Waals surface area contributed by atoms with Crippen LogP contribution in [0.25, 0.3) is 0 Å². The summed E-state index contributed by atoms with van der Waals surface area (Å²) in [6, 6.07) is 6.47. The van der Waals surface area contributed by atoms with Crippen LogP contribution in [-0.4, -0.2) is 23.9 Å². The van der Waals surface area contributed by atoms with Crippen LogP contribution in [0.5, 0.6) is 0 Å². The molecule has 0 atom stereocenters. The van der Waals surface area contributed by atoms with Crippen LogP contribution in [0.1, 0.15) is 31.2 Å². The van der Waals surface area contributed by atoms with E-state index >= 15 is 0 Å². The molecule has 0 aromatic heterocycles. The number of hydrogen-bond donors (Lipinski definition) is 2. The Kier molecular flexibility index (Phi) is 4.91. The zero-order valence-electron chi connectivity index (χ0n) is 11.1. The van der Waals surface area contributed by atoms with Crippen LogP contribution in [0.3, 0.4) is 0 Å². The smallest absolute Gasteiger partial charge is 0.123 e. The average molecular weight is 267 g/mol. The number of aliphatic hydroxyl groups is 1. The lowest BCUT2D eigenvalue weighted by atomic mass is 9.79. The fraction of sp³-hybridized carbons (Fsp3) is 0.600. The van der Waals surface area contributed by atoms with Gasteiger partial charge in [0.1, 0.15) is 5.82 Å². The number of hydrogen-bond acceptors (Lipinski definition) is 3. The van der Waals surface area contributed by atoms with Gasteiger partial charge in [0.05, 0.1) is 12.2 Å². The second-order valence-electron chi connectivity index (χ2n) is 5.52. The predicted molar refractivity (Wildman–Crippen MR) is 72.0 cm³/mol. The fourth-order valence-corrected chi connectivity index (χ4v) is 2.56. The number of nitrogens with two attached hydrogens (primary N) is 1. The van der Waals surface area contributed by atoms with E-state index in [-0.39, 0.29) is 5.82 Å². The minimum absolute atomic E-state index is 0.230. The van der Waals surface area contributed by atoms with Crippen molar-refractivity contribution < 1.29 is 14.2 Å². The molecule has 1 fully saturated rings. The van der Waals surface area contributed by atoms with Crippen LogP contribution < -0.4 is 5.73 Å². The number of rotatable bonds is 5. The van der Waals surface area contributed by atoms with Crippen LogP contribution in [0.2, 0.25) is 0 Å². The molecule has 0 amide bonds. The minimum atomic E-state index is -0.668. The van der Waals surface area contributed by atoms with E-state index in [0.29, 0.717) is 25.7 Å². The molecule has 0 spiro atoms. The van der Waals surface area contributed by atoms with Gasteiger partial charge in [0.25, 0.3) is 0 Å². The highest BCUT2D eigenvalue weighted by Gasteiger charge is 2.31. The van der Waals surface area contributed by atoms with Crippen LogP contribution in [0, 0.1) is 11.7 Å². The molecule has 1 aliphatic rings. The molecule has 106 valence electrons. The maximum atomic E-state index is 13.0. The van der Waals surface area contributed by atoms with Gasteiger partial charge in [0, 0.05) is 13.2 Å². The van der Waals surface area contributed by atoms with Crippen molar-refractivity contribution in [2.45, 2.75) is 37.9 Å².